The van der Waals surface area contributed by atoms with E-state index in [-0.39, 0.29) is 11.8 Å². The van der Waals surface area contributed by atoms with E-state index in [0.717, 1.165) is 12.0 Å². The van der Waals surface area contributed by atoms with Gasteiger partial charge in [-0.25, -0.2) is 4.79 Å². The van der Waals surface area contributed by atoms with Crippen molar-refractivity contribution in [1.29, 1.82) is 0 Å². The van der Waals surface area contributed by atoms with Gasteiger partial charge in [0, 0.05) is 24.6 Å². The molecule has 1 aromatic heterocycles. The Kier molecular flexibility index (Phi) is 4.37. The van der Waals surface area contributed by atoms with Crippen LogP contribution in [-0.2, 0) is 0 Å². The Labute approximate surface area is 154 Å². The summed E-state index contributed by atoms with van der Waals surface area (Å²) in [6.07, 6.45) is 0.723. The molecule has 1 unspecified atom stereocenters. The number of hydrogen-bond acceptors (Lipinski definition) is 5. The molecule has 1 aliphatic heterocycles. The molecule has 8 heteroatoms. The lowest BCUT2D eigenvalue weighted by Gasteiger charge is -2.18. The van der Waals surface area contributed by atoms with Gasteiger partial charge in [-0.2, -0.15) is 5.21 Å². The molecular weight excluding hydrogens is 346 g/mol. The second-order valence-electron chi connectivity index (χ2n) is 6.41. The van der Waals surface area contributed by atoms with Crippen molar-refractivity contribution in [3.63, 3.8) is 0 Å². The molecule has 2 N–H and O–H groups in total. The molecule has 1 aliphatic rings. The SMILES string of the molecule is O=C(O)c1ccccc1C1CCN(C(=O)c2ccccc2-c2nn[nH]n2)C1. The Balaban J connectivity index is 1.59. The summed E-state index contributed by atoms with van der Waals surface area (Å²) in [6, 6.07) is 14.1. The highest BCUT2D eigenvalue weighted by Gasteiger charge is 2.31. The zero-order chi connectivity index (χ0) is 18.8. The molecule has 27 heavy (non-hydrogen) atoms. The van der Waals surface area contributed by atoms with Gasteiger partial charge in [-0.05, 0) is 29.3 Å². The third-order valence-corrected chi connectivity index (χ3v) is 4.85. The maximum atomic E-state index is 13.1. The highest BCUT2D eigenvalue weighted by Crippen LogP contribution is 2.31. The molecule has 0 radical (unpaired) electrons. The van der Waals surface area contributed by atoms with E-state index in [9.17, 15) is 14.7 Å². The molecular formula is C19H17N5O3. The minimum Gasteiger partial charge on any atom is -0.478 e. The number of carbonyl (C=O) groups is 2. The summed E-state index contributed by atoms with van der Waals surface area (Å²) in [4.78, 5) is 26.3. The van der Waals surface area contributed by atoms with Crippen molar-refractivity contribution in [2.45, 2.75) is 12.3 Å². The number of carboxylic acid groups (broad SMARTS) is 1. The first-order valence-electron chi connectivity index (χ1n) is 8.59. The number of hydrogen-bond donors (Lipinski definition) is 2. The molecule has 0 bridgehead atoms. The summed E-state index contributed by atoms with van der Waals surface area (Å²) in [5.74, 6) is -0.701. The van der Waals surface area contributed by atoms with Crippen LogP contribution >= 0.6 is 0 Å². The molecule has 4 rings (SSSR count). The van der Waals surface area contributed by atoms with E-state index >= 15 is 0 Å². The Morgan fingerprint density at radius 1 is 1.07 bits per heavy atom. The Bertz CT molecular complexity index is 987. The van der Waals surface area contributed by atoms with Crippen LogP contribution < -0.4 is 0 Å². The van der Waals surface area contributed by atoms with E-state index in [0.29, 0.717) is 35.6 Å². The van der Waals surface area contributed by atoms with E-state index in [2.05, 4.69) is 20.6 Å². The molecule has 1 saturated heterocycles. The molecule has 136 valence electrons. The number of aromatic carboxylic acids is 1. The van der Waals surface area contributed by atoms with Gasteiger partial charge in [0.05, 0.1) is 11.1 Å². The van der Waals surface area contributed by atoms with E-state index < -0.39 is 5.97 Å². The van der Waals surface area contributed by atoms with Crippen molar-refractivity contribution in [3.8, 4) is 11.4 Å². The summed E-state index contributed by atoms with van der Waals surface area (Å²) in [5, 5.41) is 23.3. The first-order chi connectivity index (χ1) is 13.1. The Hall–Kier alpha value is -3.55. The topological polar surface area (TPSA) is 112 Å². The summed E-state index contributed by atoms with van der Waals surface area (Å²) in [7, 11) is 0. The highest BCUT2D eigenvalue weighted by atomic mass is 16.4. The molecule has 0 spiro atoms. The van der Waals surface area contributed by atoms with Gasteiger partial charge < -0.3 is 10.0 Å². The number of tetrazole rings is 1. The van der Waals surface area contributed by atoms with Gasteiger partial charge in [-0.3, -0.25) is 4.79 Å². The number of nitrogens with zero attached hydrogens (tertiary/aromatic N) is 4. The highest BCUT2D eigenvalue weighted by molar-refractivity contribution is 6.00. The molecule has 1 amide bonds. The second-order valence-corrected chi connectivity index (χ2v) is 6.41. The number of carboxylic acids is 1. The van der Waals surface area contributed by atoms with Crippen molar-refractivity contribution in [2.75, 3.05) is 13.1 Å². The van der Waals surface area contributed by atoms with Crippen LogP contribution in [0.25, 0.3) is 11.4 Å². The predicted octanol–water partition coefficient (Wildman–Crippen LogP) is 2.19. The van der Waals surface area contributed by atoms with Crippen LogP contribution in [0.3, 0.4) is 0 Å². The van der Waals surface area contributed by atoms with Crippen molar-refractivity contribution in [2.24, 2.45) is 0 Å². The maximum Gasteiger partial charge on any atom is 0.335 e. The number of amides is 1. The standard InChI is InChI=1S/C19H17N5O3/c25-18(15-7-3-2-6-14(15)17-20-22-23-21-17)24-10-9-12(11-24)13-5-1-4-8-16(13)19(26)27/h1-8,12H,9-11H2,(H,26,27)(H,20,21,22,23). The fourth-order valence-corrected chi connectivity index (χ4v) is 3.56. The van der Waals surface area contributed by atoms with Crippen molar-refractivity contribution < 1.29 is 14.7 Å². The number of carbonyl (C=O) groups excluding carboxylic acids is 1. The van der Waals surface area contributed by atoms with E-state index in [1.165, 1.54) is 0 Å². The van der Waals surface area contributed by atoms with Gasteiger partial charge in [0.15, 0.2) is 0 Å². The van der Waals surface area contributed by atoms with E-state index in [1.807, 2.05) is 18.2 Å². The van der Waals surface area contributed by atoms with E-state index in [4.69, 9.17) is 0 Å². The van der Waals surface area contributed by atoms with Gasteiger partial charge in [0.2, 0.25) is 5.82 Å². The average Bonchev–Trinajstić information content (AvgIpc) is 3.39. The number of H-pyrrole nitrogens is 1. The normalized spacial score (nSPS) is 16.4. The summed E-state index contributed by atoms with van der Waals surface area (Å²) < 4.78 is 0. The lowest BCUT2D eigenvalue weighted by molar-refractivity contribution is 0.0695. The van der Waals surface area contributed by atoms with Gasteiger partial charge >= 0.3 is 5.97 Å². The van der Waals surface area contributed by atoms with Crippen molar-refractivity contribution >= 4 is 11.9 Å². The van der Waals surface area contributed by atoms with Crippen LogP contribution in [0.5, 0.6) is 0 Å². The van der Waals surface area contributed by atoms with Crippen LogP contribution in [0, 0.1) is 0 Å². The van der Waals surface area contributed by atoms with Crippen LogP contribution in [0.15, 0.2) is 48.5 Å². The van der Waals surface area contributed by atoms with Gasteiger partial charge in [0.1, 0.15) is 0 Å². The van der Waals surface area contributed by atoms with Gasteiger partial charge in [-0.1, -0.05) is 36.4 Å². The largest absolute Gasteiger partial charge is 0.478 e. The molecule has 3 aromatic rings. The number of rotatable bonds is 4. The van der Waals surface area contributed by atoms with Crippen LogP contribution in [-0.4, -0.2) is 55.6 Å². The average molecular weight is 363 g/mol. The Morgan fingerprint density at radius 3 is 2.56 bits per heavy atom. The van der Waals surface area contributed by atoms with Gasteiger partial charge in [-0.15, -0.1) is 10.2 Å². The number of aromatic amines is 1. The molecule has 1 fully saturated rings. The minimum atomic E-state index is -0.946. The first kappa shape index (κ1) is 16.9. The van der Waals surface area contributed by atoms with Crippen LogP contribution in [0.2, 0.25) is 0 Å². The molecule has 8 nitrogen and oxygen atoms in total. The quantitative estimate of drug-likeness (QED) is 0.735. The zero-order valence-electron chi connectivity index (χ0n) is 14.4. The minimum absolute atomic E-state index is 0.00131. The first-order valence-corrected chi connectivity index (χ1v) is 8.59. The number of aromatic nitrogens is 4. The monoisotopic (exact) mass is 363 g/mol. The fourth-order valence-electron chi connectivity index (χ4n) is 3.56. The zero-order valence-corrected chi connectivity index (χ0v) is 14.4. The second kappa shape index (κ2) is 6.99. The van der Waals surface area contributed by atoms with Crippen LogP contribution in [0.1, 0.15) is 38.6 Å². The number of benzene rings is 2. The van der Waals surface area contributed by atoms with E-state index in [1.54, 1.807) is 35.2 Å². The third kappa shape index (κ3) is 3.17. The number of nitrogens with one attached hydrogen (secondary N) is 1. The van der Waals surface area contributed by atoms with Crippen LogP contribution in [0.4, 0.5) is 0 Å². The maximum absolute atomic E-state index is 13.1. The predicted molar refractivity (Wildman–Crippen MR) is 96.3 cm³/mol. The molecule has 2 heterocycles. The summed E-state index contributed by atoms with van der Waals surface area (Å²) in [5.41, 5.74) is 2.19. The Morgan fingerprint density at radius 2 is 1.81 bits per heavy atom. The summed E-state index contributed by atoms with van der Waals surface area (Å²) in [6.45, 7) is 1.04. The molecule has 0 saturated carbocycles. The third-order valence-electron chi connectivity index (χ3n) is 4.85. The lowest BCUT2D eigenvalue weighted by Crippen LogP contribution is -2.29. The lowest BCUT2D eigenvalue weighted by atomic mass is 9.93. The molecule has 1 atom stereocenters. The smallest absolute Gasteiger partial charge is 0.335 e. The molecule has 0 aliphatic carbocycles. The van der Waals surface area contributed by atoms with Crippen molar-refractivity contribution in [3.05, 3.63) is 65.2 Å². The summed E-state index contributed by atoms with van der Waals surface area (Å²) >= 11 is 0. The fraction of sp³-hybridized carbons (Fsp3) is 0.211. The number of likely N-dealkylation sites (tertiary alicyclic amines) is 1. The molecule has 2 aromatic carbocycles. The van der Waals surface area contributed by atoms with Gasteiger partial charge in [0.25, 0.3) is 5.91 Å². The van der Waals surface area contributed by atoms with Crippen molar-refractivity contribution in [1.82, 2.24) is 25.5 Å².